The van der Waals surface area contributed by atoms with Crippen LogP contribution in [-0.2, 0) is 9.47 Å². The highest BCUT2D eigenvalue weighted by Crippen LogP contribution is 2.40. The van der Waals surface area contributed by atoms with Gasteiger partial charge in [0.05, 0.1) is 3.57 Å². The molecular formula is C12H15IO4. The lowest BCUT2D eigenvalue weighted by molar-refractivity contribution is -0.140. The van der Waals surface area contributed by atoms with E-state index in [1.807, 2.05) is 26.0 Å². The van der Waals surface area contributed by atoms with Crippen molar-refractivity contribution in [3.63, 3.8) is 0 Å². The van der Waals surface area contributed by atoms with Crippen molar-refractivity contribution in [3.8, 4) is 11.5 Å². The molecule has 17 heavy (non-hydrogen) atoms. The molecule has 0 unspecified atom stereocenters. The maximum absolute atomic E-state index is 5.59. The van der Waals surface area contributed by atoms with Crippen LogP contribution in [0.3, 0.4) is 0 Å². The topological polar surface area (TPSA) is 36.9 Å². The van der Waals surface area contributed by atoms with Gasteiger partial charge in [0.15, 0.2) is 17.8 Å². The van der Waals surface area contributed by atoms with Crippen LogP contribution >= 0.6 is 22.6 Å². The van der Waals surface area contributed by atoms with Crippen LogP contribution in [-0.4, -0.2) is 20.0 Å². The minimum atomic E-state index is -0.341. The highest BCUT2D eigenvalue weighted by atomic mass is 127. The highest BCUT2D eigenvalue weighted by Gasteiger charge is 2.23. The van der Waals surface area contributed by atoms with E-state index in [0.717, 1.165) is 20.6 Å². The van der Waals surface area contributed by atoms with E-state index in [-0.39, 0.29) is 13.1 Å². The molecule has 0 atom stereocenters. The van der Waals surface area contributed by atoms with E-state index in [4.69, 9.17) is 18.9 Å². The van der Waals surface area contributed by atoms with E-state index in [9.17, 15) is 0 Å². The summed E-state index contributed by atoms with van der Waals surface area (Å²) in [6.07, 6.45) is -0.341. The number of benzene rings is 1. The first-order chi connectivity index (χ1) is 8.27. The van der Waals surface area contributed by atoms with E-state index in [1.54, 1.807) is 0 Å². The molecule has 0 spiro atoms. The molecule has 1 heterocycles. The summed E-state index contributed by atoms with van der Waals surface area (Å²) in [4.78, 5) is 0. The van der Waals surface area contributed by atoms with Crippen molar-refractivity contribution in [1.29, 1.82) is 0 Å². The first-order valence-corrected chi connectivity index (χ1v) is 6.67. The molecule has 1 aliphatic heterocycles. The highest BCUT2D eigenvalue weighted by molar-refractivity contribution is 14.1. The van der Waals surface area contributed by atoms with Gasteiger partial charge in [-0.3, -0.25) is 0 Å². The summed E-state index contributed by atoms with van der Waals surface area (Å²) >= 11 is 2.24. The van der Waals surface area contributed by atoms with Crippen molar-refractivity contribution in [1.82, 2.24) is 0 Å². The molecule has 1 aliphatic rings. The Labute approximate surface area is 114 Å². The third-order valence-electron chi connectivity index (χ3n) is 2.40. The van der Waals surface area contributed by atoms with Crippen LogP contribution in [0.4, 0.5) is 0 Å². The van der Waals surface area contributed by atoms with Crippen LogP contribution < -0.4 is 9.47 Å². The van der Waals surface area contributed by atoms with Gasteiger partial charge in [0.2, 0.25) is 6.79 Å². The summed E-state index contributed by atoms with van der Waals surface area (Å²) in [5.41, 5.74) is 0.985. The van der Waals surface area contributed by atoms with E-state index in [1.165, 1.54) is 0 Å². The third kappa shape index (κ3) is 2.66. The van der Waals surface area contributed by atoms with Gasteiger partial charge in [0, 0.05) is 18.8 Å². The molecule has 1 aromatic carbocycles. The van der Waals surface area contributed by atoms with Gasteiger partial charge in [-0.05, 0) is 48.6 Å². The number of ether oxygens (including phenoxy) is 4. The molecule has 0 amide bonds. The molecule has 0 aliphatic carbocycles. The van der Waals surface area contributed by atoms with Gasteiger partial charge >= 0.3 is 0 Å². The smallest absolute Gasteiger partial charge is 0.231 e. The molecule has 4 nitrogen and oxygen atoms in total. The summed E-state index contributed by atoms with van der Waals surface area (Å²) in [6, 6.07) is 3.86. The SMILES string of the molecule is CCOC(OCC)c1ccc2c(c1I)OCO2. The number of halogens is 1. The lowest BCUT2D eigenvalue weighted by atomic mass is 10.2. The van der Waals surface area contributed by atoms with Crippen LogP contribution in [0.15, 0.2) is 12.1 Å². The fourth-order valence-electron chi connectivity index (χ4n) is 1.67. The van der Waals surface area contributed by atoms with Crippen molar-refractivity contribution in [3.05, 3.63) is 21.3 Å². The Bertz CT molecular complexity index is 388. The van der Waals surface area contributed by atoms with E-state index >= 15 is 0 Å². The molecule has 1 aromatic rings. The molecule has 2 rings (SSSR count). The zero-order valence-electron chi connectivity index (χ0n) is 9.86. The van der Waals surface area contributed by atoms with Crippen molar-refractivity contribution in [2.24, 2.45) is 0 Å². The largest absolute Gasteiger partial charge is 0.454 e. The molecule has 94 valence electrons. The fourth-order valence-corrected chi connectivity index (χ4v) is 2.52. The molecule has 0 aromatic heterocycles. The second-order valence-electron chi connectivity index (χ2n) is 3.45. The molecule has 5 heteroatoms. The normalized spacial score (nSPS) is 13.4. The van der Waals surface area contributed by atoms with Crippen LogP contribution in [0.1, 0.15) is 25.7 Å². The predicted octanol–water partition coefficient (Wildman–Crippen LogP) is 3.09. The Kier molecular flexibility index (Phi) is 4.47. The van der Waals surface area contributed by atoms with Crippen molar-refractivity contribution >= 4 is 22.6 Å². The zero-order chi connectivity index (χ0) is 12.3. The van der Waals surface area contributed by atoms with Crippen LogP contribution in [0.2, 0.25) is 0 Å². The third-order valence-corrected chi connectivity index (χ3v) is 3.51. The summed E-state index contributed by atoms with van der Waals surface area (Å²) in [5.74, 6) is 1.57. The lowest BCUT2D eigenvalue weighted by Gasteiger charge is -2.19. The first kappa shape index (κ1) is 12.9. The number of hydrogen-bond acceptors (Lipinski definition) is 4. The zero-order valence-corrected chi connectivity index (χ0v) is 12.0. The van der Waals surface area contributed by atoms with Crippen LogP contribution in [0, 0.1) is 3.57 Å². The second kappa shape index (κ2) is 5.88. The van der Waals surface area contributed by atoms with Crippen molar-refractivity contribution in [2.45, 2.75) is 20.1 Å². The Morgan fingerprint density at radius 3 is 2.59 bits per heavy atom. The first-order valence-electron chi connectivity index (χ1n) is 5.59. The van der Waals surface area contributed by atoms with Gasteiger partial charge in [0.1, 0.15) is 0 Å². The molecule has 0 fully saturated rings. The monoisotopic (exact) mass is 350 g/mol. The van der Waals surface area contributed by atoms with Gasteiger partial charge in [-0.15, -0.1) is 0 Å². The van der Waals surface area contributed by atoms with Gasteiger partial charge in [-0.25, -0.2) is 0 Å². The van der Waals surface area contributed by atoms with E-state index < -0.39 is 0 Å². The molecule has 0 saturated heterocycles. The minimum Gasteiger partial charge on any atom is -0.454 e. The number of fused-ring (bicyclic) bond motifs is 1. The van der Waals surface area contributed by atoms with Crippen molar-refractivity contribution < 1.29 is 18.9 Å². The van der Waals surface area contributed by atoms with Gasteiger partial charge < -0.3 is 18.9 Å². The molecule has 0 radical (unpaired) electrons. The van der Waals surface area contributed by atoms with Crippen LogP contribution in [0.5, 0.6) is 11.5 Å². The van der Waals surface area contributed by atoms with E-state index in [0.29, 0.717) is 13.2 Å². The maximum atomic E-state index is 5.59. The average molecular weight is 350 g/mol. The predicted molar refractivity (Wildman–Crippen MR) is 71.3 cm³/mol. The summed E-state index contributed by atoms with van der Waals surface area (Å²) < 4.78 is 22.9. The van der Waals surface area contributed by atoms with Gasteiger partial charge in [-0.2, -0.15) is 0 Å². The van der Waals surface area contributed by atoms with Gasteiger partial charge in [-0.1, -0.05) is 0 Å². The van der Waals surface area contributed by atoms with Crippen molar-refractivity contribution in [2.75, 3.05) is 20.0 Å². The Morgan fingerprint density at radius 1 is 1.24 bits per heavy atom. The number of rotatable bonds is 5. The summed E-state index contributed by atoms with van der Waals surface area (Å²) in [7, 11) is 0. The van der Waals surface area contributed by atoms with Crippen LogP contribution in [0.25, 0.3) is 0 Å². The summed E-state index contributed by atoms with van der Waals surface area (Å²) in [6.45, 7) is 5.39. The molecular weight excluding hydrogens is 335 g/mol. The fraction of sp³-hybridized carbons (Fsp3) is 0.500. The molecule has 0 bridgehead atoms. The lowest BCUT2D eigenvalue weighted by Crippen LogP contribution is -2.10. The van der Waals surface area contributed by atoms with E-state index in [2.05, 4.69) is 22.6 Å². The Hall–Kier alpha value is -0.530. The maximum Gasteiger partial charge on any atom is 0.231 e. The van der Waals surface area contributed by atoms with Gasteiger partial charge in [0.25, 0.3) is 0 Å². The minimum absolute atomic E-state index is 0.280. The molecule has 0 N–H and O–H groups in total. The number of hydrogen-bond donors (Lipinski definition) is 0. The average Bonchev–Trinajstić information content (AvgIpc) is 2.78. The molecule has 0 saturated carbocycles. The second-order valence-corrected chi connectivity index (χ2v) is 4.52. The quantitative estimate of drug-likeness (QED) is 0.604. The Balaban J connectivity index is 2.30. The standard InChI is InChI=1S/C12H15IO4/c1-3-14-12(15-4-2)8-5-6-9-11(10(8)13)17-7-16-9/h5-6,12H,3-4,7H2,1-2H3. The Morgan fingerprint density at radius 2 is 1.94 bits per heavy atom. The summed E-state index contributed by atoms with van der Waals surface area (Å²) in [5, 5.41) is 0.